The van der Waals surface area contributed by atoms with Crippen LogP contribution < -0.4 is 0 Å². The molecule has 4 rings (SSSR count). The molecule has 4 aromatic rings. The number of nitrogens with zero attached hydrogens (tertiary/aromatic N) is 4. The summed E-state index contributed by atoms with van der Waals surface area (Å²) >= 11 is 0. The Bertz CT molecular complexity index is 1050. The first-order valence-electron chi connectivity index (χ1n) is 8.38. The third kappa shape index (κ3) is 2.97. The molecule has 0 radical (unpaired) electrons. The van der Waals surface area contributed by atoms with Gasteiger partial charge in [0.05, 0.1) is 11.4 Å². The topological polar surface area (TPSA) is 83.9 Å². The number of nitroso groups, excluding NO2 is 1. The van der Waals surface area contributed by atoms with Gasteiger partial charge in [-0.3, -0.25) is 4.98 Å². The number of benzene rings is 1. The van der Waals surface area contributed by atoms with Gasteiger partial charge >= 0.3 is 0 Å². The van der Waals surface area contributed by atoms with Crippen molar-refractivity contribution >= 4 is 11.0 Å². The van der Waals surface area contributed by atoms with Crippen LogP contribution in [0.5, 0.6) is 0 Å². The average molecular weight is 343 g/mol. The lowest BCUT2D eigenvalue weighted by molar-refractivity contribution is 0.911. The minimum Gasteiger partial charge on any atom is -0.344 e. The van der Waals surface area contributed by atoms with Crippen molar-refractivity contribution in [1.82, 2.24) is 20.2 Å². The average Bonchev–Trinajstić information content (AvgIpc) is 3.07. The fraction of sp³-hybridized carbons (Fsp3) is 0.150. The van der Waals surface area contributed by atoms with Crippen molar-refractivity contribution in [3.63, 3.8) is 0 Å². The highest BCUT2D eigenvalue weighted by atomic mass is 16.3. The number of pyridine rings is 1. The van der Waals surface area contributed by atoms with Crippen LogP contribution in [0.25, 0.3) is 22.3 Å². The molecule has 6 nitrogen and oxygen atoms in total. The molecule has 3 heterocycles. The molecule has 0 saturated heterocycles. The van der Waals surface area contributed by atoms with E-state index in [1.807, 2.05) is 24.4 Å². The molecule has 6 heteroatoms. The summed E-state index contributed by atoms with van der Waals surface area (Å²) in [6.45, 7) is 2.03. The van der Waals surface area contributed by atoms with E-state index in [0.717, 1.165) is 28.6 Å². The quantitative estimate of drug-likeness (QED) is 0.551. The second kappa shape index (κ2) is 6.84. The molecule has 0 aliphatic rings. The fourth-order valence-corrected chi connectivity index (χ4v) is 3.14. The van der Waals surface area contributed by atoms with E-state index in [4.69, 9.17) is 0 Å². The second-order valence-electron chi connectivity index (χ2n) is 6.22. The Morgan fingerprint density at radius 2 is 1.92 bits per heavy atom. The summed E-state index contributed by atoms with van der Waals surface area (Å²) in [5.41, 5.74) is 6.32. The van der Waals surface area contributed by atoms with Crippen molar-refractivity contribution in [3.05, 3.63) is 82.1 Å². The van der Waals surface area contributed by atoms with Crippen molar-refractivity contribution < 1.29 is 0 Å². The largest absolute Gasteiger partial charge is 0.344 e. The van der Waals surface area contributed by atoms with Gasteiger partial charge in [-0.25, -0.2) is 0 Å². The Morgan fingerprint density at radius 3 is 2.65 bits per heavy atom. The van der Waals surface area contributed by atoms with E-state index in [1.165, 1.54) is 11.1 Å². The lowest BCUT2D eigenvalue weighted by Crippen LogP contribution is -1.99. The SMILES string of the molecule is Cc1ccc(Cc2c[nH]c3nnc(CN=O)c(-c4ccccn4)c23)cc1. The second-order valence-corrected chi connectivity index (χ2v) is 6.22. The highest BCUT2D eigenvalue weighted by Gasteiger charge is 2.18. The molecule has 26 heavy (non-hydrogen) atoms. The minimum absolute atomic E-state index is 0.0377. The Labute approximate surface area is 150 Å². The van der Waals surface area contributed by atoms with E-state index in [0.29, 0.717) is 11.3 Å². The van der Waals surface area contributed by atoms with Gasteiger partial charge in [0.15, 0.2) is 5.65 Å². The molecule has 0 amide bonds. The van der Waals surface area contributed by atoms with Crippen molar-refractivity contribution in [2.75, 3.05) is 0 Å². The molecular formula is C20H17N5O. The van der Waals surface area contributed by atoms with Gasteiger partial charge < -0.3 is 4.98 Å². The zero-order valence-electron chi connectivity index (χ0n) is 14.3. The van der Waals surface area contributed by atoms with Crippen molar-refractivity contribution in [1.29, 1.82) is 0 Å². The van der Waals surface area contributed by atoms with Gasteiger partial charge in [0.25, 0.3) is 0 Å². The summed E-state index contributed by atoms with van der Waals surface area (Å²) < 4.78 is 0. The van der Waals surface area contributed by atoms with Crippen LogP contribution in [-0.2, 0) is 13.0 Å². The molecule has 0 saturated carbocycles. The maximum atomic E-state index is 10.9. The summed E-state index contributed by atoms with van der Waals surface area (Å²) in [5.74, 6) is 0. The maximum absolute atomic E-state index is 10.9. The summed E-state index contributed by atoms with van der Waals surface area (Å²) in [6.07, 6.45) is 4.43. The highest BCUT2D eigenvalue weighted by molar-refractivity contribution is 5.95. The molecule has 0 aliphatic heterocycles. The van der Waals surface area contributed by atoms with Crippen LogP contribution in [0, 0.1) is 11.8 Å². The van der Waals surface area contributed by atoms with Crippen LogP contribution in [0.4, 0.5) is 0 Å². The van der Waals surface area contributed by atoms with Crippen LogP contribution >= 0.6 is 0 Å². The third-order valence-corrected chi connectivity index (χ3v) is 4.40. The van der Waals surface area contributed by atoms with Crippen molar-refractivity contribution in [2.24, 2.45) is 5.18 Å². The van der Waals surface area contributed by atoms with Gasteiger partial charge in [0, 0.05) is 23.3 Å². The van der Waals surface area contributed by atoms with Crippen LogP contribution in [-0.4, -0.2) is 20.2 Å². The highest BCUT2D eigenvalue weighted by Crippen LogP contribution is 2.32. The monoisotopic (exact) mass is 343 g/mol. The standard InChI is InChI=1S/C20H17N5O/c1-13-5-7-14(8-6-13)10-15-11-22-20-18(15)19(16-4-2-3-9-21-16)17(12-23-26)24-25-20/h2-9,11H,10,12H2,1H3,(H,22,25). The molecule has 3 aromatic heterocycles. The number of hydrogen-bond acceptors (Lipinski definition) is 5. The first-order valence-corrected chi connectivity index (χ1v) is 8.38. The first-order chi connectivity index (χ1) is 12.8. The zero-order valence-corrected chi connectivity index (χ0v) is 14.3. The molecule has 0 aliphatic carbocycles. The van der Waals surface area contributed by atoms with Crippen molar-refractivity contribution in [2.45, 2.75) is 19.9 Å². The van der Waals surface area contributed by atoms with Gasteiger partial charge in [0.1, 0.15) is 6.54 Å². The minimum atomic E-state index is -0.0377. The van der Waals surface area contributed by atoms with E-state index in [2.05, 4.69) is 56.5 Å². The number of aromatic nitrogens is 4. The molecule has 1 aromatic carbocycles. The van der Waals surface area contributed by atoms with Gasteiger partial charge in [-0.15, -0.1) is 5.10 Å². The molecule has 0 spiro atoms. The van der Waals surface area contributed by atoms with Crippen LogP contribution in [0.1, 0.15) is 22.4 Å². The fourth-order valence-electron chi connectivity index (χ4n) is 3.14. The van der Waals surface area contributed by atoms with E-state index < -0.39 is 0 Å². The van der Waals surface area contributed by atoms with Crippen LogP contribution in [0.15, 0.2) is 60.0 Å². The Balaban J connectivity index is 1.90. The zero-order chi connectivity index (χ0) is 17.9. The summed E-state index contributed by atoms with van der Waals surface area (Å²) in [4.78, 5) is 18.5. The maximum Gasteiger partial charge on any atom is 0.160 e. The molecule has 0 unspecified atom stereocenters. The molecular weight excluding hydrogens is 326 g/mol. The van der Waals surface area contributed by atoms with Gasteiger partial charge in [0.2, 0.25) is 0 Å². The summed E-state index contributed by atoms with van der Waals surface area (Å²) in [6, 6.07) is 14.1. The normalized spacial score (nSPS) is 11.0. The van der Waals surface area contributed by atoms with E-state index in [1.54, 1.807) is 6.20 Å². The molecule has 0 atom stereocenters. The van der Waals surface area contributed by atoms with Gasteiger partial charge in [-0.1, -0.05) is 41.1 Å². The smallest absolute Gasteiger partial charge is 0.160 e. The lowest BCUT2D eigenvalue weighted by Gasteiger charge is -2.09. The predicted molar refractivity (Wildman–Crippen MR) is 101 cm³/mol. The number of fused-ring (bicyclic) bond motifs is 1. The van der Waals surface area contributed by atoms with Gasteiger partial charge in [-0.05, 0) is 36.6 Å². The summed E-state index contributed by atoms with van der Waals surface area (Å²) in [7, 11) is 0. The number of aryl methyl sites for hydroxylation is 1. The Morgan fingerprint density at radius 1 is 1.08 bits per heavy atom. The van der Waals surface area contributed by atoms with Crippen LogP contribution in [0.3, 0.4) is 0 Å². The molecule has 0 fully saturated rings. The van der Waals surface area contributed by atoms with E-state index >= 15 is 0 Å². The molecule has 1 N–H and O–H groups in total. The first kappa shape index (κ1) is 16.1. The molecule has 128 valence electrons. The number of aromatic amines is 1. The third-order valence-electron chi connectivity index (χ3n) is 4.40. The van der Waals surface area contributed by atoms with Crippen LogP contribution in [0.2, 0.25) is 0 Å². The van der Waals surface area contributed by atoms with E-state index in [-0.39, 0.29) is 6.54 Å². The molecule has 0 bridgehead atoms. The number of H-pyrrole nitrogens is 1. The Kier molecular flexibility index (Phi) is 4.23. The lowest BCUT2D eigenvalue weighted by atomic mass is 9.98. The van der Waals surface area contributed by atoms with E-state index in [9.17, 15) is 4.91 Å². The number of hydrogen-bond donors (Lipinski definition) is 1. The summed E-state index contributed by atoms with van der Waals surface area (Å²) in [5, 5.41) is 12.4. The number of nitrogens with one attached hydrogen (secondary N) is 1. The number of rotatable bonds is 5. The Hall–Kier alpha value is -3.41. The van der Waals surface area contributed by atoms with Gasteiger partial charge in [-0.2, -0.15) is 10.0 Å². The van der Waals surface area contributed by atoms with Crippen molar-refractivity contribution in [3.8, 4) is 11.3 Å². The predicted octanol–water partition coefficient (Wildman–Crippen LogP) is 4.19.